The van der Waals surface area contributed by atoms with E-state index >= 15 is 0 Å². The molecule has 0 spiro atoms. The minimum absolute atomic E-state index is 0.340. The van der Waals surface area contributed by atoms with Gasteiger partial charge in [0.15, 0.2) is 0 Å². The van der Waals surface area contributed by atoms with Crippen molar-refractivity contribution < 1.29 is 14.3 Å². The minimum atomic E-state index is -0.882. The molecule has 1 N–H and O–H groups in total. The molecule has 1 aromatic heterocycles. The SMILES string of the molecule is CC1=C(c2ccco2)CN(Cc2cccc(C(=O)O)c2)CC1. The summed E-state index contributed by atoms with van der Waals surface area (Å²) in [6, 6.07) is 11.1. The molecule has 0 radical (unpaired) electrons. The van der Waals surface area contributed by atoms with Gasteiger partial charge in [-0.05, 0) is 43.2 Å². The fraction of sp³-hybridized carbons (Fsp3) is 0.278. The summed E-state index contributed by atoms with van der Waals surface area (Å²) in [5.41, 5.74) is 3.97. The molecule has 114 valence electrons. The number of carboxylic acids is 1. The quantitative estimate of drug-likeness (QED) is 0.935. The highest BCUT2D eigenvalue weighted by molar-refractivity contribution is 5.87. The number of benzene rings is 1. The maximum absolute atomic E-state index is 11.1. The highest BCUT2D eigenvalue weighted by Crippen LogP contribution is 2.27. The highest BCUT2D eigenvalue weighted by atomic mass is 16.4. The second-order valence-electron chi connectivity index (χ2n) is 5.70. The van der Waals surface area contributed by atoms with E-state index in [1.807, 2.05) is 18.2 Å². The van der Waals surface area contributed by atoms with Crippen molar-refractivity contribution in [1.82, 2.24) is 4.90 Å². The second-order valence-corrected chi connectivity index (χ2v) is 5.70. The number of aromatic carboxylic acids is 1. The Labute approximate surface area is 129 Å². The Kier molecular flexibility index (Phi) is 4.11. The van der Waals surface area contributed by atoms with Gasteiger partial charge >= 0.3 is 5.97 Å². The van der Waals surface area contributed by atoms with Gasteiger partial charge in [-0.1, -0.05) is 17.7 Å². The predicted molar refractivity (Wildman–Crippen MR) is 84.6 cm³/mol. The molecule has 0 saturated heterocycles. The van der Waals surface area contributed by atoms with Gasteiger partial charge in [0.25, 0.3) is 0 Å². The topological polar surface area (TPSA) is 53.7 Å². The zero-order valence-corrected chi connectivity index (χ0v) is 12.6. The lowest BCUT2D eigenvalue weighted by Crippen LogP contribution is -2.30. The summed E-state index contributed by atoms with van der Waals surface area (Å²) in [7, 11) is 0. The second kappa shape index (κ2) is 6.20. The molecule has 3 rings (SSSR count). The average Bonchev–Trinajstić information content (AvgIpc) is 3.03. The molecular weight excluding hydrogens is 278 g/mol. The fourth-order valence-electron chi connectivity index (χ4n) is 2.85. The van der Waals surface area contributed by atoms with E-state index in [-0.39, 0.29) is 0 Å². The highest BCUT2D eigenvalue weighted by Gasteiger charge is 2.19. The van der Waals surface area contributed by atoms with Crippen molar-refractivity contribution in [1.29, 1.82) is 0 Å². The maximum Gasteiger partial charge on any atom is 0.335 e. The summed E-state index contributed by atoms with van der Waals surface area (Å²) in [6.07, 6.45) is 2.71. The van der Waals surface area contributed by atoms with Crippen LogP contribution in [0.3, 0.4) is 0 Å². The molecule has 0 atom stereocenters. The van der Waals surface area contributed by atoms with Crippen LogP contribution in [-0.4, -0.2) is 29.1 Å². The summed E-state index contributed by atoms with van der Waals surface area (Å²) in [5.74, 6) is 0.0500. The van der Waals surface area contributed by atoms with Crippen molar-refractivity contribution in [2.24, 2.45) is 0 Å². The van der Waals surface area contributed by atoms with E-state index in [1.165, 1.54) is 11.1 Å². The van der Waals surface area contributed by atoms with Crippen molar-refractivity contribution in [2.45, 2.75) is 19.9 Å². The van der Waals surface area contributed by atoms with Gasteiger partial charge in [0.1, 0.15) is 5.76 Å². The molecule has 0 amide bonds. The molecule has 2 aromatic rings. The first-order chi connectivity index (χ1) is 10.6. The van der Waals surface area contributed by atoms with E-state index in [0.29, 0.717) is 5.56 Å². The lowest BCUT2D eigenvalue weighted by molar-refractivity contribution is 0.0696. The lowest BCUT2D eigenvalue weighted by atomic mass is 9.99. The lowest BCUT2D eigenvalue weighted by Gasteiger charge is -2.29. The van der Waals surface area contributed by atoms with E-state index < -0.39 is 5.97 Å². The minimum Gasteiger partial charge on any atom is -0.478 e. The molecule has 4 heteroatoms. The van der Waals surface area contributed by atoms with Crippen LogP contribution in [0.25, 0.3) is 5.57 Å². The number of furan rings is 1. The third kappa shape index (κ3) is 3.12. The Morgan fingerprint density at radius 3 is 2.91 bits per heavy atom. The van der Waals surface area contributed by atoms with Crippen LogP contribution >= 0.6 is 0 Å². The smallest absolute Gasteiger partial charge is 0.335 e. The Morgan fingerprint density at radius 2 is 2.18 bits per heavy atom. The summed E-state index contributed by atoms with van der Waals surface area (Å²) >= 11 is 0. The first kappa shape index (κ1) is 14.6. The van der Waals surface area contributed by atoms with Crippen molar-refractivity contribution in [3.8, 4) is 0 Å². The van der Waals surface area contributed by atoms with E-state index in [1.54, 1.807) is 24.5 Å². The molecule has 1 aliphatic rings. The molecule has 1 aromatic carbocycles. The van der Waals surface area contributed by atoms with E-state index in [9.17, 15) is 4.79 Å². The van der Waals surface area contributed by atoms with E-state index in [4.69, 9.17) is 9.52 Å². The Bertz CT molecular complexity index is 701. The van der Waals surface area contributed by atoms with Gasteiger partial charge in [-0.15, -0.1) is 0 Å². The summed E-state index contributed by atoms with van der Waals surface area (Å²) in [4.78, 5) is 13.4. The average molecular weight is 297 g/mol. The van der Waals surface area contributed by atoms with E-state index in [2.05, 4.69) is 11.8 Å². The first-order valence-corrected chi connectivity index (χ1v) is 7.40. The van der Waals surface area contributed by atoms with Crippen LogP contribution in [0.1, 0.15) is 35.0 Å². The van der Waals surface area contributed by atoms with Gasteiger partial charge in [-0.2, -0.15) is 0 Å². The fourth-order valence-corrected chi connectivity index (χ4v) is 2.85. The van der Waals surface area contributed by atoms with Crippen molar-refractivity contribution in [3.05, 3.63) is 65.1 Å². The molecule has 0 fully saturated rings. The molecule has 0 bridgehead atoms. The normalized spacial score (nSPS) is 16.0. The summed E-state index contributed by atoms with van der Waals surface area (Å²) in [6.45, 7) is 4.71. The van der Waals surface area contributed by atoms with Gasteiger partial charge in [0.2, 0.25) is 0 Å². The van der Waals surface area contributed by atoms with Crippen molar-refractivity contribution >= 4 is 11.5 Å². The molecule has 1 aliphatic heterocycles. The molecular formula is C18H19NO3. The number of carboxylic acid groups (broad SMARTS) is 1. The number of hydrogen-bond donors (Lipinski definition) is 1. The van der Waals surface area contributed by atoms with Crippen LogP contribution in [0, 0.1) is 0 Å². The first-order valence-electron chi connectivity index (χ1n) is 7.40. The van der Waals surface area contributed by atoms with Gasteiger partial charge in [-0.3, -0.25) is 4.90 Å². The molecule has 4 nitrogen and oxygen atoms in total. The molecule has 0 unspecified atom stereocenters. The number of nitrogens with zero attached hydrogens (tertiary/aromatic N) is 1. The van der Waals surface area contributed by atoms with Crippen LogP contribution in [-0.2, 0) is 6.54 Å². The van der Waals surface area contributed by atoms with Gasteiger partial charge in [0.05, 0.1) is 11.8 Å². The predicted octanol–water partition coefficient (Wildman–Crippen LogP) is 3.66. The van der Waals surface area contributed by atoms with Gasteiger partial charge < -0.3 is 9.52 Å². The molecule has 0 saturated carbocycles. The van der Waals surface area contributed by atoms with Crippen LogP contribution in [0.15, 0.2) is 52.7 Å². The molecule has 2 heterocycles. The van der Waals surface area contributed by atoms with Crippen LogP contribution in [0.5, 0.6) is 0 Å². The molecule has 0 aliphatic carbocycles. The number of rotatable bonds is 4. The van der Waals surface area contributed by atoms with Crippen molar-refractivity contribution in [3.63, 3.8) is 0 Å². The third-order valence-electron chi connectivity index (χ3n) is 4.10. The largest absolute Gasteiger partial charge is 0.478 e. The number of carbonyl (C=O) groups is 1. The Hall–Kier alpha value is -2.33. The molecule has 22 heavy (non-hydrogen) atoms. The monoisotopic (exact) mass is 297 g/mol. The summed E-state index contributed by atoms with van der Waals surface area (Å²) in [5, 5.41) is 9.08. The van der Waals surface area contributed by atoms with Crippen LogP contribution < -0.4 is 0 Å². The van der Waals surface area contributed by atoms with Crippen LogP contribution in [0.4, 0.5) is 0 Å². The Morgan fingerprint density at radius 1 is 1.32 bits per heavy atom. The van der Waals surface area contributed by atoms with E-state index in [0.717, 1.165) is 37.4 Å². The van der Waals surface area contributed by atoms with Gasteiger partial charge in [0, 0.05) is 25.2 Å². The van der Waals surface area contributed by atoms with Crippen molar-refractivity contribution in [2.75, 3.05) is 13.1 Å². The number of hydrogen-bond acceptors (Lipinski definition) is 3. The zero-order valence-electron chi connectivity index (χ0n) is 12.6. The summed E-state index contributed by atoms with van der Waals surface area (Å²) < 4.78 is 5.53. The Balaban J connectivity index is 1.75. The maximum atomic E-state index is 11.1. The zero-order chi connectivity index (χ0) is 15.5. The van der Waals surface area contributed by atoms with Crippen LogP contribution in [0.2, 0.25) is 0 Å². The van der Waals surface area contributed by atoms with Gasteiger partial charge in [-0.25, -0.2) is 4.79 Å². The third-order valence-corrected chi connectivity index (χ3v) is 4.10. The standard InChI is InChI=1S/C18H19NO3/c1-13-7-8-19(12-16(13)17-6-3-9-22-17)11-14-4-2-5-15(10-14)18(20)21/h2-6,9-10H,7-8,11-12H2,1H3,(H,20,21).